The van der Waals surface area contributed by atoms with E-state index in [1.807, 2.05) is 0 Å². The predicted octanol–water partition coefficient (Wildman–Crippen LogP) is 6.09. The van der Waals surface area contributed by atoms with Crippen molar-refractivity contribution in [3.8, 4) is 0 Å². The molecule has 1 aromatic rings. The molecule has 1 nitrogen and oxygen atoms in total. The molecule has 24 heavy (non-hydrogen) atoms. The van der Waals surface area contributed by atoms with Gasteiger partial charge in [0.2, 0.25) is 0 Å². The first kappa shape index (κ1) is 19.0. The third-order valence-corrected chi connectivity index (χ3v) is 5.37. The van der Waals surface area contributed by atoms with Gasteiger partial charge in [-0.3, -0.25) is 0 Å². The van der Waals surface area contributed by atoms with Gasteiger partial charge in [0.05, 0.1) is 6.10 Å². The normalized spacial score (nSPS) is 22.8. The van der Waals surface area contributed by atoms with Crippen molar-refractivity contribution in [2.45, 2.75) is 72.3 Å². The second-order valence-corrected chi connectivity index (χ2v) is 7.52. The standard InChI is InChI=1S/C23H34O/c1-5-6-8-15-20-18(4)22(17(2)3)23(24)21(20)16-11-14-19-12-9-7-10-13-19/h7,9-10,12-13,16-17,22-24H,5-6,8,11,14-15H2,1-4H3/b21-16-/t22-,23-/m1/s1. The molecule has 0 aliphatic heterocycles. The van der Waals surface area contributed by atoms with E-state index in [1.54, 1.807) is 0 Å². The van der Waals surface area contributed by atoms with E-state index in [2.05, 4.69) is 64.1 Å². The molecule has 0 spiro atoms. The lowest BCUT2D eigenvalue weighted by Gasteiger charge is -2.21. The zero-order valence-corrected chi connectivity index (χ0v) is 15.9. The monoisotopic (exact) mass is 326 g/mol. The maximum atomic E-state index is 10.9. The summed E-state index contributed by atoms with van der Waals surface area (Å²) >= 11 is 0. The molecular formula is C23H34O. The Morgan fingerprint density at radius 2 is 1.79 bits per heavy atom. The lowest BCUT2D eigenvalue weighted by Crippen LogP contribution is -2.22. The second kappa shape index (κ2) is 9.22. The molecule has 0 aromatic heterocycles. The number of rotatable bonds is 8. The molecule has 0 heterocycles. The molecular weight excluding hydrogens is 292 g/mol. The molecule has 2 atom stereocenters. The first-order valence-corrected chi connectivity index (χ1v) is 9.68. The van der Waals surface area contributed by atoms with Crippen LogP contribution >= 0.6 is 0 Å². The number of hydrogen-bond acceptors (Lipinski definition) is 1. The number of unbranched alkanes of at least 4 members (excludes halogenated alkanes) is 2. The fraction of sp³-hybridized carbons (Fsp3) is 0.565. The fourth-order valence-corrected chi connectivity index (χ4v) is 4.08. The van der Waals surface area contributed by atoms with Crippen molar-refractivity contribution in [1.82, 2.24) is 0 Å². The van der Waals surface area contributed by atoms with Gasteiger partial charge < -0.3 is 5.11 Å². The average Bonchev–Trinajstić information content (AvgIpc) is 2.80. The van der Waals surface area contributed by atoms with Crippen molar-refractivity contribution < 1.29 is 5.11 Å². The van der Waals surface area contributed by atoms with Crippen molar-refractivity contribution in [2.24, 2.45) is 11.8 Å². The van der Waals surface area contributed by atoms with Gasteiger partial charge in [-0.05, 0) is 55.2 Å². The van der Waals surface area contributed by atoms with E-state index in [4.69, 9.17) is 0 Å². The Hall–Kier alpha value is -1.34. The SMILES string of the molecule is CCCCCC1=C(C)[C@@H](C(C)C)[C@H](O)/C1=C\CCc1ccccc1. The smallest absolute Gasteiger partial charge is 0.0857 e. The predicted molar refractivity (Wildman–Crippen MR) is 104 cm³/mol. The fourth-order valence-electron chi connectivity index (χ4n) is 4.08. The molecule has 1 aliphatic rings. The van der Waals surface area contributed by atoms with Crippen LogP contribution in [0.5, 0.6) is 0 Å². The van der Waals surface area contributed by atoms with Gasteiger partial charge in [-0.2, -0.15) is 0 Å². The van der Waals surface area contributed by atoms with E-state index < -0.39 is 0 Å². The lowest BCUT2D eigenvalue weighted by atomic mass is 9.87. The minimum absolute atomic E-state index is 0.296. The summed E-state index contributed by atoms with van der Waals surface area (Å²) in [7, 11) is 0. The topological polar surface area (TPSA) is 20.2 Å². The van der Waals surface area contributed by atoms with E-state index in [0.29, 0.717) is 11.8 Å². The maximum absolute atomic E-state index is 10.9. The van der Waals surface area contributed by atoms with Crippen molar-refractivity contribution in [3.05, 3.63) is 58.7 Å². The largest absolute Gasteiger partial charge is 0.388 e. The Kier molecular flexibility index (Phi) is 7.30. The molecule has 1 N–H and O–H groups in total. The third-order valence-electron chi connectivity index (χ3n) is 5.37. The van der Waals surface area contributed by atoms with Crippen LogP contribution in [0.1, 0.15) is 65.4 Å². The van der Waals surface area contributed by atoms with Gasteiger partial charge >= 0.3 is 0 Å². The number of allylic oxidation sites excluding steroid dienone is 1. The molecule has 0 fully saturated rings. The molecule has 1 aromatic carbocycles. The summed E-state index contributed by atoms with van der Waals surface area (Å²) in [4.78, 5) is 0. The molecule has 2 rings (SSSR count). The lowest BCUT2D eigenvalue weighted by molar-refractivity contribution is 0.145. The Morgan fingerprint density at radius 1 is 1.08 bits per heavy atom. The minimum Gasteiger partial charge on any atom is -0.388 e. The van der Waals surface area contributed by atoms with Gasteiger partial charge in [-0.1, -0.05) is 75.6 Å². The van der Waals surface area contributed by atoms with Crippen LogP contribution in [0.4, 0.5) is 0 Å². The zero-order valence-electron chi connectivity index (χ0n) is 15.9. The van der Waals surface area contributed by atoms with Crippen LogP contribution in [-0.2, 0) is 6.42 Å². The van der Waals surface area contributed by atoms with Crippen LogP contribution < -0.4 is 0 Å². The van der Waals surface area contributed by atoms with Gasteiger partial charge in [0.25, 0.3) is 0 Å². The van der Waals surface area contributed by atoms with Gasteiger partial charge in [-0.25, -0.2) is 0 Å². The zero-order chi connectivity index (χ0) is 17.5. The van der Waals surface area contributed by atoms with Crippen molar-refractivity contribution in [2.75, 3.05) is 0 Å². The summed E-state index contributed by atoms with van der Waals surface area (Å²) in [6.45, 7) is 8.95. The van der Waals surface area contributed by atoms with Crippen molar-refractivity contribution in [1.29, 1.82) is 0 Å². The highest BCUT2D eigenvalue weighted by molar-refractivity contribution is 5.46. The highest BCUT2D eigenvalue weighted by Gasteiger charge is 2.36. The average molecular weight is 327 g/mol. The third kappa shape index (κ3) is 4.60. The molecule has 0 bridgehead atoms. The second-order valence-electron chi connectivity index (χ2n) is 7.52. The minimum atomic E-state index is -0.308. The van der Waals surface area contributed by atoms with Crippen LogP contribution in [0.2, 0.25) is 0 Å². The van der Waals surface area contributed by atoms with Crippen LogP contribution in [0.3, 0.4) is 0 Å². The Labute approximate surface area is 148 Å². The Balaban J connectivity index is 2.13. The van der Waals surface area contributed by atoms with Gasteiger partial charge in [0, 0.05) is 5.92 Å². The van der Waals surface area contributed by atoms with Crippen LogP contribution in [0.15, 0.2) is 53.1 Å². The van der Waals surface area contributed by atoms with Gasteiger partial charge in [0.1, 0.15) is 0 Å². The van der Waals surface area contributed by atoms with E-state index in [-0.39, 0.29) is 6.10 Å². The number of hydrogen-bond donors (Lipinski definition) is 1. The molecule has 132 valence electrons. The summed E-state index contributed by atoms with van der Waals surface area (Å²) in [6.07, 6.45) is 8.93. The van der Waals surface area contributed by atoms with Crippen LogP contribution in [0.25, 0.3) is 0 Å². The molecule has 0 unspecified atom stereocenters. The van der Waals surface area contributed by atoms with E-state index in [1.165, 1.54) is 41.5 Å². The molecule has 1 aliphatic carbocycles. The summed E-state index contributed by atoms with van der Waals surface area (Å²) in [5.74, 6) is 0.783. The highest BCUT2D eigenvalue weighted by atomic mass is 16.3. The van der Waals surface area contributed by atoms with E-state index in [0.717, 1.165) is 19.3 Å². The first-order valence-electron chi connectivity index (χ1n) is 9.68. The van der Waals surface area contributed by atoms with Gasteiger partial charge in [0.15, 0.2) is 0 Å². The Bertz CT molecular complexity index is 565. The molecule has 0 amide bonds. The summed E-state index contributed by atoms with van der Waals surface area (Å²) in [5, 5.41) is 10.9. The van der Waals surface area contributed by atoms with E-state index in [9.17, 15) is 5.11 Å². The first-order chi connectivity index (χ1) is 11.6. The highest BCUT2D eigenvalue weighted by Crippen LogP contribution is 2.42. The summed E-state index contributed by atoms with van der Waals surface area (Å²) in [6, 6.07) is 10.6. The van der Waals surface area contributed by atoms with Crippen LogP contribution in [0, 0.1) is 11.8 Å². The number of aliphatic hydroxyl groups is 1. The molecule has 0 radical (unpaired) electrons. The van der Waals surface area contributed by atoms with Crippen molar-refractivity contribution in [3.63, 3.8) is 0 Å². The summed E-state index contributed by atoms with van der Waals surface area (Å²) < 4.78 is 0. The van der Waals surface area contributed by atoms with E-state index >= 15 is 0 Å². The quantitative estimate of drug-likeness (QED) is 0.573. The number of benzene rings is 1. The van der Waals surface area contributed by atoms with Gasteiger partial charge in [-0.15, -0.1) is 0 Å². The molecule has 0 saturated carbocycles. The number of aryl methyl sites for hydroxylation is 1. The Morgan fingerprint density at radius 3 is 2.42 bits per heavy atom. The van der Waals surface area contributed by atoms with Crippen LogP contribution in [-0.4, -0.2) is 11.2 Å². The molecule has 1 heteroatoms. The van der Waals surface area contributed by atoms with Crippen molar-refractivity contribution >= 4 is 0 Å². The molecule has 0 saturated heterocycles. The number of aliphatic hydroxyl groups excluding tert-OH is 1. The maximum Gasteiger partial charge on any atom is 0.0857 e. The summed E-state index contributed by atoms with van der Waals surface area (Å²) in [5.41, 5.74) is 5.47.